The van der Waals surface area contributed by atoms with E-state index in [4.69, 9.17) is 4.98 Å². The molecule has 5 nitrogen and oxygen atoms in total. The van der Waals surface area contributed by atoms with Crippen LogP contribution in [-0.4, -0.2) is 26.4 Å². The molecule has 3 aromatic rings. The van der Waals surface area contributed by atoms with Gasteiger partial charge in [0.2, 0.25) is 0 Å². The topological polar surface area (TPSA) is 72.2 Å². The molecule has 1 aromatic carbocycles. The van der Waals surface area contributed by atoms with E-state index >= 15 is 0 Å². The Balaban J connectivity index is 1.97. The summed E-state index contributed by atoms with van der Waals surface area (Å²) >= 11 is 1.72. The predicted octanol–water partition coefficient (Wildman–Crippen LogP) is 6.12. The number of carboxylic acid groups (broad SMARTS) is 1. The Labute approximate surface area is 181 Å². The van der Waals surface area contributed by atoms with Gasteiger partial charge < -0.3 is 9.67 Å². The van der Waals surface area contributed by atoms with Gasteiger partial charge in [-0.1, -0.05) is 33.3 Å². The van der Waals surface area contributed by atoms with Crippen molar-refractivity contribution in [2.75, 3.05) is 0 Å². The highest BCUT2D eigenvalue weighted by atomic mass is 32.1. The number of nitrogens with zero attached hydrogens (tertiary/aromatic N) is 2. The van der Waals surface area contributed by atoms with Crippen LogP contribution in [0.1, 0.15) is 80.0 Å². The largest absolute Gasteiger partial charge is 0.481 e. The fourth-order valence-electron chi connectivity index (χ4n) is 4.08. The fraction of sp³-hybridized carbons (Fsp3) is 0.458. The van der Waals surface area contributed by atoms with Gasteiger partial charge in [-0.2, -0.15) is 0 Å². The lowest BCUT2D eigenvalue weighted by Crippen LogP contribution is -2.18. The summed E-state index contributed by atoms with van der Waals surface area (Å²) in [5.74, 6) is -0.646. The zero-order valence-corrected chi connectivity index (χ0v) is 18.7. The summed E-state index contributed by atoms with van der Waals surface area (Å²) in [6.07, 6.45) is 4.08. The highest BCUT2D eigenvalue weighted by molar-refractivity contribution is 7.09. The van der Waals surface area contributed by atoms with E-state index in [-0.39, 0.29) is 12.2 Å². The SMILES string of the molecule is CCC[C@H](CC(=O)c1ccc2c(c1)nc(Cc1cccs1)n2C(CC)CC)C(=O)O. The van der Waals surface area contributed by atoms with Crippen LogP contribution < -0.4 is 0 Å². The van der Waals surface area contributed by atoms with E-state index in [9.17, 15) is 14.7 Å². The minimum Gasteiger partial charge on any atom is -0.481 e. The molecule has 160 valence electrons. The van der Waals surface area contributed by atoms with Crippen LogP contribution in [0.25, 0.3) is 11.0 Å². The second-order valence-electron chi connectivity index (χ2n) is 7.78. The second kappa shape index (κ2) is 10.0. The molecule has 3 rings (SSSR count). The summed E-state index contributed by atoms with van der Waals surface area (Å²) in [5.41, 5.74) is 2.39. The Morgan fingerprint density at radius 1 is 1.17 bits per heavy atom. The summed E-state index contributed by atoms with van der Waals surface area (Å²) in [6, 6.07) is 10.2. The molecule has 0 saturated carbocycles. The third kappa shape index (κ3) is 4.81. The standard InChI is InChI=1S/C24H30N2O3S/c1-4-8-17(24(28)29)14-22(27)16-10-11-21-20(13-16)25-23(15-19-9-7-12-30-19)26(21)18(5-2)6-3/h7,9-13,17-18H,4-6,8,14-15H2,1-3H3,(H,28,29)/t17-/m1/s1. The smallest absolute Gasteiger partial charge is 0.306 e. The molecular weight excluding hydrogens is 396 g/mol. The molecule has 0 aliphatic rings. The molecule has 0 spiro atoms. The maximum Gasteiger partial charge on any atom is 0.306 e. The van der Waals surface area contributed by atoms with Crippen LogP contribution in [0.15, 0.2) is 35.7 Å². The van der Waals surface area contributed by atoms with E-state index in [0.717, 1.165) is 42.5 Å². The number of Topliss-reactive ketones (excluding diaryl/α,β-unsaturated/α-hetero) is 1. The number of fused-ring (bicyclic) bond motifs is 1. The van der Waals surface area contributed by atoms with Gasteiger partial charge in [0.25, 0.3) is 0 Å². The van der Waals surface area contributed by atoms with E-state index in [1.54, 1.807) is 11.3 Å². The zero-order chi connectivity index (χ0) is 21.7. The number of rotatable bonds is 11. The fourth-order valence-corrected chi connectivity index (χ4v) is 4.78. The quantitative estimate of drug-likeness (QED) is 0.375. The minimum atomic E-state index is -0.900. The molecule has 0 fully saturated rings. The van der Waals surface area contributed by atoms with Gasteiger partial charge in [0.15, 0.2) is 5.78 Å². The first-order valence-corrected chi connectivity index (χ1v) is 11.7. The van der Waals surface area contributed by atoms with Crippen LogP contribution in [-0.2, 0) is 11.2 Å². The van der Waals surface area contributed by atoms with Crippen LogP contribution in [0.3, 0.4) is 0 Å². The molecule has 2 heterocycles. The van der Waals surface area contributed by atoms with E-state index in [2.05, 4.69) is 35.9 Å². The van der Waals surface area contributed by atoms with E-state index in [0.29, 0.717) is 18.0 Å². The molecule has 0 aliphatic carbocycles. The molecule has 6 heteroatoms. The number of carboxylic acids is 1. The number of carbonyl (C=O) groups excluding carboxylic acids is 1. The van der Waals surface area contributed by atoms with Crippen LogP contribution in [0.4, 0.5) is 0 Å². The van der Waals surface area contributed by atoms with Gasteiger partial charge in [-0.15, -0.1) is 11.3 Å². The number of aromatic nitrogens is 2. The lowest BCUT2D eigenvalue weighted by atomic mass is 9.94. The molecule has 0 amide bonds. The van der Waals surface area contributed by atoms with Crippen molar-refractivity contribution in [1.82, 2.24) is 9.55 Å². The number of ketones is 1. The third-order valence-corrected chi connectivity index (χ3v) is 6.60. The molecular formula is C24H30N2O3S. The highest BCUT2D eigenvalue weighted by Crippen LogP contribution is 2.29. The van der Waals surface area contributed by atoms with Gasteiger partial charge in [-0.25, -0.2) is 4.98 Å². The number of hydrogen-bond donors (Lipinski definition) is 1. The Morgan fingerprint density at radius 3 is 2.53 bits per heavy atom. The molecule has 2 aromatic heterocycles. The van der Waals surface area contributed by atoms with Crippen molar-refractivity contribution in [3.05, 3.63) is 52.0 Å². The average molecular weight is 427 g/mol. The lowest BCUT2D eigenvalue weighted by molar-refractivity contribution is -0.141. The van der Waals surface area contributed by atoms with Crippen LogP contribution >= 0.6 is 11.3 Å². The van der Waals surface area contributed by atoms with Crippen molar-refractivity contribution in [3.8, 4) is 0 Å². The number of aliphatic carboxylic acids is 1. The summed E-state index contributed by atoms with van der Waals surface area (Å²) in [6.45, 7) is 6.31. The predicted molar refractivity (Wildman–Crippen MR) is 121 cm³/mol. The van der Waals surface area contributed by atoms with Crippen molar-refractivity contribution in [3.63, 3.8) is 0 Å². The summed E-state index contributed by atoms with van der Waals surface area (Å²) in [7, 11) is 0. The van der Waals surface area contributed by atoms with Crippen LogP contribution in [0.5, 0.6) is 0 Å². The van der Waals surface area contributed by atoms with Gasteiger partial charge >= 0.3 is 5.97 Å². The van der Waals surface area contributed by atoms with Gasteiger partial charge in [-0.3, -0.25) is 9.59 Å². The third-order valence-electron chi connectivity index (χ3n) is 5.72. The monoisotopic (exact) mass is 426 g/mol. The van der Waals surface area contributed by atoms with E-state index in [1.807, 2.05) is 25.1 Å². The van der Waals surface area contributed by atoms with Gasteiger partial charge in [0, 0.05) is 29.3 Å². The Kier molecular flexibility index (Phi) is 7.43. The Morgan fingerprint density at radius 2 is 1.93 bits per heavy atom. The number of carbonyl (C=O) groups is 2. The van der Waals surface area contributed by atoms with E-state index in [1.165, 1.54) is 4.88 Å². The normalized spacial score (nSPS) is 12.5. The summed E-state index contributed by atoms with van der Waals surface area (Å²) in [4.78, 5) is 30.4. The van der Waals surface area contributed by atoms with E-state index < -0.39 is 11.9 Å². The lowest BCUT2D eigenvalue weighted by Gasteiger charge is -2.19. The number of hydrogen-bond acceptors (Lipinski definition) is 4. The minimum absolute atomic E-state index is 0.0317. The molecule has 0 saturated heterocycles. The van der Waals surface area contributed by atoms with Crippen molar-refractivity contribution in [1.29, 1.82) is 0 Å². The second-order valence-corrected chi connectivity index (χ2v) is 8.81. The molecule has 0 unspecified atom stereocenters. The zero-order valence-electron chi connectivity index (χ0n) is 17.9. The number of benzene rings is 1. The average Bonchev–Trinajstić information content (AvgIpc) is 3.36. The van der Waals surface area contributed by atoms with Gasteiger partial charge in [0.1, 0.15) is 5.82 Å². The maximum atomic E-state index is 12.8. The van der Waals surface area contributed by atoms with Crippen molar-refractivity contribution in [2.24, 2.45) is 5.92 Å². The van der Waals surface area contributed by atoms with Gasteiger partial charge in [-0.05, 0) is 48.9 Å². The molecule has 1 atom stereocenters. The van der Waals surface area contributed by atoms with Crippen LogP contribution in [0, 0.1) is 5.92 Å². The maximum absolute atomic E-state index is 12.8. The first-order valence-electron chi connectivity index (χ1n) is 10.8. The van der Waals surface area contributed by atoms with Crippen molar-refractivity contribution >= 4 is 34.1 Å². The molecule has 30 heavy (non-hydrogen) atoms. The molecule has 0 bridgehead atoms. The first-order chi connectivity index (χ1) is 14.5. The summed E-state index contributed by atoms with van der Waals surface area (Å²) in [5, 5.41) is 11.5. The molecule has 0 radical (unpaired) electrons. The highest BCUT2D eigenvalue weighted by Gasteiger charge is 2.23. The van der Waals surface area contributed by atoms with Gasteiger partial charge in [0.05, 0.1) is 17.0 Å². The Bertz CT molecular complexity index is 1000. The van der Waals surface area contributed by atoms with Crippen LogP contribution in [0.2, 0.25) is 0 Å². The summed E-state index contributed by atoms with van der Waals surface area (Å²) < 4.78 is 2.32. The number of thiophene rings is 1. The van der Waals surface area contributed by atoms with Crippen molar-refractivity contribution < 1.29 is 14.7 Å². The molecule has 0 aliphatic heterocycles. The Hall–Kier alpha value is -2.47. The first kappa shape index (κ1) is 22.2. The number of imidazole rings is 1. The molecule has 1 N–H and O–H groups in total. The van der Waals surface area contributed by atoms with Crippen molar-refractivity contribution in [2.45, 2.75) is 65.3 Å².